The van der Waals surface area contributed by atoms with E-state index in [1.54, 1.807) is 28.7 Å². The van der Waals surface area contributed by atoms with Gasteiger partial charge >= 0.3 is 0 Å². The van der Waals surface area contributed by atoms with Gasteiger partial charge in [-0.15, -0.1) is 0 Å². The second-order valence-electron chi connectivity index (χ2n) is 8.55. The summed E-state index contributed by atoms with van der Waals surface area (Å²) in [6.07, 6.45) is 8.39. The van der Waals surface area contributed by atoms with Crippen LogP contribution in [0.25, 0.3) is 11.0 Å². The number of hydrogen-bond acceptors (Lipinski definition) is 7. The van der Waals surface area contributed by atoms with Crippen molar-refractivity contribution in [2.24, 2.45) is 13.0 Å². The smallest absolute Gasteiger partial charge is 0.250 e. The van der Waals surface area contributed by atoms with Crippen molar-refractivity contribution in [3.63, 3.8) is 0 Å². The first-order chi connectivity index (χ1) is 15.4. The van der Waals surface area contributed by atoms with E-state index in [0.717, 1.165) is 12.8 Å². The monoisotopic (exact) mass is 458 g/mol. The van der Waals surface area contributed by atoms with Gasteiger partial charge in [-0.3, -0.25) is 9.48 Å². The Morgan fingerprint density at radius 3 is 2.72 bits per heavy atom. The van der Waals surface area contributed by atoms with Crippen LogP contribution < -0.4 is 5.32 Å². The van der Waals surface area contributed by atoms with Gasteiger partial charge in [-0.25, -0.2) is 18.1 Å². The lowest BCUT2D eigenvalue weighted by Crippen LogP contribution is -2.30. The highest BCUT2D eigenvalue weighted by Crippen LogP contribution is 2.37. The lowest BCUT2D eigenvalue weighted by molar-refractivity contribution is -0.120. The second-order valence-corrected chi connectivity index (χ2v) is 10.7. The Bertz CT molecular complexity index is 1240. The van der Waals surface area contributed by atoms with Crippen LogP contribution in [-0.2, 0) is 26.4 Å². The Labute approximate surface area is 185 Å². The third kappa shape index (κ3) is 4.02. The largest absolute Gasteiger partial charge is 0.381 e. The number of aromatic nitrogens is 5. The van der Waals surface area contributed by atoms with Crippen molar-refractivity contribution in [3.05, 3.63) is 30.7 Å². The highest BCUT2D eigenvalue weighted by atomic mass is 32.2. The van der Waals surface area contributed by atoms with Gasteiger partial charge < -0.3 is 10.1 Å². The molecule has 1 N–H and O–H groups in total. The number of carbonyl (C=O) groups excluding carboxylic acids is 1. The van der Waals surface area contributed by atoms with E-state index in [2.05, 4.69) is 20.5 Å². The Morgan fingerprint density at radius 2 is 2.03 bits per heavy atom. The fraction of sp³-hybridized carbons (Fsp3) is 0.524. The normalized spacial score (nSPS) is 18.7. The van der Waals surface area contributed by atoms with Gasteiger partial charge in [0.15, 0.2) is 21.3 Å². The molecule has 1 atom stereocenters. The summed E-state index contributed by atoms with van der Waals surface area (Å²) in [5, 5.41) is 11.7. The molecule has 3 aromatic heterocycles. The summed E-state index contributed by atoms with van der Waals surface area (Å²) in [6.45, 7) is 1.34. The van der Waals surface area contributed by atoms with E-state index in [0.29, 0.717) is 55.2 Å². The molecular weight excluding hydrogens is 432 g/mol. The van der Waals surface area contributed by atoms with Gasteiger partial charge in [-0.05, 0) is 44.1 Å². The molecule has 2 aliphatic rings. The maximum absolute atomic E-state index is 13.3. The molecule has 170 valence electrons. The number of hydrogen-bond donors (Lipinski definition) is 1. The number of pyridine rings is 1. The van der Waals surface area contributed by atoms with Gasteiger partial charge in [0.2, 0.25) is 0 Å². The third-order valence-corrected chi connectivity index (χ3v) is 8.51. The van der Waals surface area contributed by atoms with Crippen molar-refractivity contribution in [2.75, 3.05) is 18.5 Å². The molecule has 0 aromatic carbocycles. The number of aryl methyl sites for hydroxylation is 1. The highest BCUT2D eigenvalue weighted by molar-refractivity contribution is 7.92. The summed E-state index contributed by atoms with van der Waals surface area (Å²) in [4.78, 5) is 18.0. The Morgan fingerprint density at radius 1 is 1.25 bits per heavy atom. The lowest BCUT2D eigenvalue weighted by Gasteiger charge is -2.26. The molecule has 0 unspecified atom stereocenters. The van der Waals surface area contributed by atoms with Crippen LogP contribution in [0.4, 0.5) is 5.82 Å². The summed E-state index contributed by atoms with van der Waals surface area (Å²) in [6, 6.07) is 2.61. The summed E-state index contributed by atoms with van der Waals surface area (Å²) >= 11 is 0. The number of sulfone groups is 1. The second kappa shape index (κ2) is 8.28. The Kier molecular flexibility index (Phi) is 5.46. The number of nitrogens with zero attached hydrogens (tertiary/aromatic N) is 5. The van der Waals surface area contributed by atoms with Crippen LogP contribution in [0.5, 0.6) is 0 Å². The molecule has 11 heteroatoms. The van der Waals surface area contributed by atoms with Gasteiger partial charge in [-0.1, -0.05) is 0 Å². The van der Waals surface area contributed by atoms with E-state index in [1.165, 1.54) is 18.5 Å². The van der Waals surface area contributed by atoms with Crippen LogP contribution in [0.3, 0.4) is 0 Å². The molecule has 4 heterocycles. The van der Waals surface area contributed by atoms with E-state index >= 15 is 0 Å². The summed E-state index contributed by atoms with van der Waals surface area (Å²) in [5.74, 6) is 0.495. The number of nitrogens with one attached hydrogen (secondary N) is 1. The molecular formula is C21H26N6O4S. The van der Waals surface area contributed by atoms with Gasteiger partial charge in [0, 0.05) is 38.7 Å². The van der Waals surface area contributed by atoms with Crippen molar-refractivity contribution in [1.82, 2.24) is 24.5 Å². The zero-order chi connectivity index (χ0) is 22.3. The minimum absolute atomic E-state index is 0.242. The Balaban J connectivity index is 1.52. The van der Waals surface area contributed by atoms with Gasteiger partial charge in [0.05, 0.1) is 21.7 Å². The quantitative estimate of drug-likeness (QED) is 0.575. The first kappa shape index (κ1) is 21.1. The standard InChI is InChI=1S/C21H26N6O4S/c1-26-9-5-19(25-26)24-21(28)17(12-14-6-10-31-11-7-14)27-20-16(13-23-27)18(4-8-22-20)32(29,30)15-2-3-15/h4-5,8-9,13-15,17H,2-3,6-7,10-12H2,1H3,(H,24,25,28)/t17-/m0/s1. The maximum atomic E-state index is 13.3. The molecule has 1 aliphatic carbocycles. The van der Waals surface area contributed by atoms with Gasteiger partial charge in [0.1, 0.15) is 6.04 Å². The van der Waals surface area contributed by atoms with E-state index in [9.17, 15) is 13.2 Å². The fourth-order valence-corrected chi connectivity index (χ4v) is 6.08. The van der Waals surface area contributed by atoms with E-state index in [-0.39, 0.29) is 16.1 Å². The molecule has 1 saturated carbocycles. The fourth-order valence-electron chi connectivity index (χ4n) is 4.26. The molecule has 2 fully saturated rings. The van der Waals surface area contributed by atoms with Crippen molar-refractivity contribution in [1.29, 1.82) is 0 Å². The van der Waals surface area contributed by atoms with Crippen molar-refractivity contribution < 1.29 is 17.9 Å². The predicted molar refractivity (Wildman–Crippen MR) is 117 cm³/mol. The maximum Gasteiger partial charge on any atom is 0.250 e. The molecule has 1 saturated heterocycles. The summed E-state index contributed by atoms with van der Waals surface area (Å²) in [7, 11) is -1.64. The average molecular weight is 459 g/mol. The number of fused-ring (bicyclic) bond motifs is 1. The van der Waals surface area contributed by atoms with Crippen LogP contribution in [0, 0.1) is 5.92 Å². The van der Waals surface area contributed by atoms with Crippen LogP contribution in [0.2, 0.25) is 0 Å². The number of ether oxygens (including phenoxy) is 1. The van der Waals surface area contributed by atoms with Crippen molar-refractivity contribution >= 4 is 32.6 Å². The molecule has 0 radical (unpaired) electrons. The average Bonchev–Trinajstić information content (AvgIpc) is 3.46. The summed E-state index contributed by atoms with van der Waals surface area (Å²) in [5.41, 5.74) is 0.403. The number of rotatable bonds is 7. The van der Waals surface area contributed by atoms with Crippen molar-refractivity contribution in [2.45, 2.75) is 48.3 Å². The molecule has 10 nitrogen and oxygen atoms in total. The van der Waals surface area contributed by atoms with Gasteiger partial charge in [-0.2, -0.15) is 10.2 Å². The molecule has 0 spiro atoms. The topological polar surface area (TPSA) is 121 Å². The predicted octanol–water partition coefficient (Wildman–Crippen LogP) is 2.10. The lowest BCUT2D eigenvalue weighted by atomic mass is 9.92. The molecule has 3 aromatic rings. The number of amides is 1. The van der Waals surface area contributed by atoms with Crippen LogP contribution in [-0.4, -0.2) is 57.3 Å². The zero-order valence-corrected chi connectivity index (χ0v) is 18.7. The van der Waals surface area contributed by atoms with Crippen LogP contribution in [0.1, 0.15) is 38.1 Å². The SMILES string of the molecule is Cn1ccc(NC(=O)[C@H](CC2CCOCC2)n2ncc3c(S(=O)(=O)C4CC4)ccnc32)n1. The molecule has 1 aliphatic heterocycles. The van der Waals surface area contributed by atoms with Crippen molar-refractivity contribution in [3.8, 4) is 0 Å². The first-order valence-electron chi connectivity index (χ1n) is 10.9. The Hall–Kier alpha value is -2.79. The number of carbonyl (C=O) groups is 1. The van der Waals surface area contributed by atoms with Crippen LogP contribution >= 0.6 is 0 Å². The van der Waals surface area contributed by atoms with Gasteiger partial charge in [0.25, 0.3) is 5.91 Å². The van der Waals surface area contributed by atoms with Crippen LogP contribution in [0.15, 0.2) is 35.6 Å². The minimum atomic E-state index is -3.42. The molecule has 1 amide bonds. The summed E-state index contributed by atoms with van der Waals surface area (Å²) < 4.78 is 34.5. The third-order valence-electron chi connectivity index (χ3n) is 6.19. The molecule has 0 bridgehead atoms. The minimum Gasteiger partial charge on any atom is -0.381 e. The number of anilines is 1. The zero-order valence-electron chi connectivity index (χ0n) is 17.8. The first-order valence-corrected chi connectivity index (χ1v) is 12.4. The molecule has 32 heavy (non-hydrogen) atoms. The van der Waals surface area contributed by atoms with E-state index < -0.39 is 15.9 Å². The van der Waals surface area contributed by atoms with E-state index in [1.807, 2.05) is 0 Å². The highest BCUT2D eigenvalue weighted by Gasteiger charge is 2.38. The molecule has 5 rings (SSSR count). The van der Waals surface area contributed by atoms with E-state index in [4.69, 9.17) is 4.74 Å².